The van der Waals surface area contributed by atoms with Crippen LogP contribution in [0, 0.1) is 18.3 Å². The Morgan fingerprint density at radius 2 is 1.75 bits per heavy atom. The highest BCUT2D eigenvalue weighted by molar-refractivity contribution is 6.07. The van der Waals surface area contributed by atoms with Crippen LogP contribution in [-0.2, 0) is 4.79 Å². The number of nitrogens with zero attached hydrogens (tertiary/aromatic N) is 3. The lowest BCUT2D eigenvalue weighted by molar-refractivity contribution is -0.112. The van der Waals surface area contributed by atoms with Crippen LogP contribution in [0.5, 0.6) is 0 Å². The SMILES string of the molecule is Cc1ccccc1NC(=O)/C(C#N)=C\Nc1ccc(N2CCN(C)CC2)cc1. The van der Waals surface area contributed by atoms with E-state index in [0.29, 0.717) is 5.69 Å². The third kappa shape index (κ3) is 4.90. The van der Waals surface area contributed by atoms with Crippen LogP contribution in [-0.4, -0.2) is 44.0 Å². The molecule has 0 aromatic heterocycles. The van der Waals surface area contributed by atoms with Crippen molar-refractivity contribution in [1.29, 1.82) is 5.26 Å². The van der Waals surface area contributed by atoms with Gasteiger partial charge in [0.1, 0.15) is 11.6 Å². The summed E-state index contributed by atoms with van der Waals surface area (Å²) in [6, 6.07) is 17.4. The summed E-state index contributed by atoms with van der Waals surface area (Å²) in [4.78, 5) is 17.0. The maximum atomic E-state index is 12.4. The van der Waals surface area contributed by atoms with Crippen molar-refractivity contribution < 1.29 is 4.79 Å². The molecule has 0 aliphatic carbocycles. The molecule has 1 saturated heterocycles. The van der Waals surface area contributed by atoms with Gasteiger partial charge in [0.05, 0.1) is 0 Å². The van der Waals surface area contributed by atoms with Gasteiger partial charge in [0, 0.05) is 49.4 Å². The van der Waals surface area contributed by atoms with E-state index in [2.05, 4.69) is 39.6 Å². The van der Waals surface area contributed by atoms with Crippen LogP contribution in [0.4, 0.5) is 17.1 Å². The first-order chi connectivity index (χ1) is 13.6. The van der Waals surface area contributed by atoms with Gasteiger partial charge >= 0.3 is 0 Å². The average Bonchev–Trinajstić information content (AvgIpc) is 2.71. The van der Waals surface area contributed by atoms with Crippen molar-refractivity contribution in [2.45, 2.75) is 6.92 Å². The molecular formula is C22H25N5O. The fraction of sp³-hybridized carbons (Fsp3) is 0.273. The summed E-state index contributed by atoms with van der Waals surface area (Å²) >= 11 is 0. The van der Waals surface area contributed by atoms with E-state index in [0.717, 1.165) is 37.4 Å². The van der Waals surface area contributed by atoms with Crippen molar-refractivity contribution >= 4 is 23.0 Å². The Kier molecular flexibility index (Phi) is 6.30. The molecule has 1 heterocycles. The summed E-state index contributed by atoms with van der Waals surface area (Å²) < 4.78 is 0. The molecule has 6 nitrogen and oxygen atoms in total. The summed E-state index contributed by atoms with van der Waals surface area (Å²) in [6.07, 6.45) is 1.44. The quantitative estimate of drug-likeness (QED) is 0.620. The Labute approximate surface area is 166 Å². The number of piperazine rings is 1. The number of aryl methyl sites for hydroxylation is 1. The summed E-state index contributed by atoms with van der Waals surface area (Å²) in [5, 5.41) is 15.1. The van der Waals surface area contributed by atoms with Crippen LogP contribution >= 0.6 is 0 Å². The van der Waals surface area contributed by atoms with Crippen LogP contribution in [0.15, 0.2) is 60.3 Å². The number of para-hydroxylation sites is 1. The molecule has 1 aliphatic heterocycles. The molecule has 28 heavy (non-hydrogen) atoms. The first-order valence-corrected chi connectivity index (χ1v) is 9.34. The van der Waals surface area contributed by atoms with Gasteiger partial charge in [-0.3, -0.25) is 4.79 Å². The number of nitriles is 1. The van der Waals surface area contributed by atoms with Crippen molar-refractivity contribution in [1.82, 2.24) is 4.90 Å². The molecule has 3 rings (SSSR count). The molecule has 2 N–H and O–H groups in total. The standard InChI is InChI=1S/C22H25N5O/c1-17-5-3-4-6-21(17)25-22(28)18(15-23)16-24-19-7-9-20(10-8-19)27-13-11-26(2)12-14-27/h3-10,16,24H,11-14H2,1-2H3,(H,25,28)/b18-16-. The number of hydrogen-bond acceptors (Lipinski definition) is 5. The van der Waals surface area contributed by atoms with Gasteiger partial charge in [-0.1, -0.05) is 18.2 Å². The largest absolute Gasteiger partial charge is 0.369 e. The van der Waals surface area contributed by atoms with Crippen molar-refractivity contribution in [3.8, 4) is 6.07 Å². The lowest BCUT2D eigenvalue weighted by Crippen LogP contribution is -2.44. The third-order valence-corrected chi connectivity index (χ3v) is 4.88. The van der Waals surface area contributed by atoms with Gasteiger partial charge in [0.15, 0.2) is 0 Å². The molecule has 0 atom stereocenters. The number of carbonyl (C=O) groups is 1. The van der Waals surface area contributed by atoms with E-state index in [9.17, 15) is 10.1 Å². The highest BCUT2D eigenvalue weighted by Crippen LogP contribution is 2.20. The smallest absolute Gasteiger partial charge is 0.267 e. The van der Waals surface area contributed by atoms with Crippen LogP contribution in [0.2, 0.25) is 0 Å². The third-order valence-electron chi connectivity index (χ3n) is 4.88. The maximum Gasteiger partial charge on any atom is 0.267 e. The Morgan fingerprint density at radius 1 is 1.07 bits per heavy atom. The van der Waals surface area contributed by atoms with Crippen LogP contribution in [0.3, 0.4) is 0 Å². The van der Waals surface area contributed by atoms with E-state index < -0.39 is 5.91 Å². The fourth-order valence-electron chi connectivity index (χ4n) is 3.04. The van der Waals surface area contributed by atoms with Crippen molar-refractivity contribution in [3.05, 3.63) is 65.9 Å². The van der Waals surface area contributed by atoms with E-state index >= 15 is 0 Å². The minimum atomic E-state index is -0.432. The van der Waals surface area contributed by atoms with Gasteiger partial charge in [0.25, 0.3) is 5.91 Å². The second-order valence-electron chi connectivity index (χ2n) is 6.92. The van der Waals surface area contributed by atoms with Gasteiger partial charge < -0.3 is 20.4 Å². The summed E-state index contributed by atoms with van der Waals surface area (Å²) in [6.45, 7) is 6.06. The Balaban J connectivity index is 1.62. The predicted octanol–water partition coefficient (Wildman–Crippen LogP) is 3.20. The molecule has 2 aromatic carbocycles. The van der Waals surface area contributed by atoms with E-state index in [1.807, 2.05) is 49.4 Å². The number of carbonyl (C=O) groups excluding carboxylic acids is 1. The second-order valence-corrected chi connectivity index (χ2v) is 6.92. The molecule has 6 heteroatoms. The van der Waals surface area contributed by atoms with E-state index in [4.69, 9.17) is 0 Å². The normalized spacial score (nSPS) is 15.0. The fourth-order valence-corrected chi connectivity index (χ4v) is 3.04. The first kappa shape index (κ1) is 19.5. The Morgan fingerprint density at radius 3 is 2.39 bits per heavy atom. The number of nitrogens with one attached hydrogen (secondary N) is 2. The molecule has 0 spiro atoms. The molecular weight excluding hydrogens is 350 g/mol. The topological polar surface area (TPSA) is 71.4 Å². The monoisotopic (exact) mass is 375 g/mol. The minimum absolute atomic E-state index is 0.0198. The number of anilines is 3. The molecule has 1 aliphatic rings. The van der Waals surface area contributed by atoms with Crippen LogP contribution in [0.25, 0.3) is 0 Å². The number of rotatable bonds is 5. The number of likely N-dealkylation sites (N-methyl/N-ethyl adjacent to an activating group) is 1. The maximum absolute atomic E-state index is 12.4. The van der Waals surface area contributed by atoms with E-state index in [1.165, 1.54) is 11.9 Å². The van der Waals surface area contributed by atoms with Gasteiger partial charge in [0.2, 0.25) is 0 Å². The molecule has 2 aromatic rings. The molecule has 1 amide bonds. The lowest BCUT2D eigenvalue weighted by Gasteiger charge is -2.34. The van der Waals surface area contributed by atoms with Gasteiger partial charge in [-0.25, -0.2) is 0 Å². The summed E-state index contributed by atoms with van der Waals surface area (Å²) in [5.74, 6) is -0.432. The van der Waals surface area contributed by atoms with Gasteiger partial charge in [-0.15, -0.1) is 0 Å². The van der Waals surface area contributed by atoms with Crippen molar-refractivity contribution in [2.75, 3.05) is 48.8 Å². The number of benzene rings is 2. The van der Waals surface area contributed by atoms with Crippen LogP contribution < -0.4 is 15.5 Å². The molecule has 0 radical (unpaired) electrons. The highest BCUT2D eigenvalue weighted by atomic mass is 16.1. The first-order valence-electron chi connectivity index (χ1n) is 9.34. The van der Waals surface area contributed by atoms with Gasteiger partial charge in [-0.05, 0) is 49.9 Å². The van der Waals surface area contributed by atoms with Gasteiger partial charge in [-0.2, -0.15) is 5.26 Å². The number of amides is 1. The zero-order valence-corrected chi connectivity index (χ0v) is 16.3. The van der Waals surface area contributed by atoms with E-state index in [1.54, 1.807) is 0 Å². The molecule has 0 saturated carbocycles. The lowest BCUT2D eigenvalue weighted by atomic mass is 10.2. The summed E-state index contributed by atoms with van der Waals surface area (Å²) in [5.41, 5.74) is 3.67. The zero-order valence-electron chi connectivity index (χ0n) is 16.3. The molecule has 1 fully saturated rings. The van der Waals surface area contributed by atoms with E-state index in [-0.39, 0.29) is 5.57 Å². The molecule has 0 unspecified atom stereocenters. The summed E-state index contributed by atoms with van der Waals surface area (Å²) in [7, 11) is 2.14. The minimum Gasteiger partial charge on any atom is -0.369 e. The zero-order chi connectivity index (χ0) is 19.9. The van der Waals surface area contributed by atoms with Crippen molar-refractivity contribution in [2.24, 2.45) is 0 Å². The Bertz CT molecular complexity index is 890. The highest BCUT2D eigenvalue weighted by Gasteiger charge is 2.14. The van der Waals surface area contributed by atoms with Crippen molar-refractivity contribution in [3.63, 3.8) is 0 Å². The number of hydrogen-bond donors (Lipinski definition) is 2. The second kappa shape index (κ2) is 9.07. The predicted molar refractivity (Wildman–Crippen MR) is 113 cm³/mol. The average molecular weight is 375 g/mol. The van der Waals surface area contributed by atoms with Crippen LogP contribution in [0.1, 0.15) is 5.56 Å². The molecule has 0 bridgehead atoms. The molecule has 144 valence electrons. The Hall–Kier alpha value is -3.30.